The zero-order valence-electron chi connectivity index (χ0n) is 26.3. The molecular weight excluding hydrogens is 756 g/mol. The van der Waals surface area contributed by atoms with Crippen molar-refractivity contribution < 1.29 is 45.5 Å². The second kappa shape index (κ2) is 12.4. The fourth-order valence-electron chi connectivity index (χ4n) is 8.50. The molecule has 2 bridgehead atoms. The zero-order chi connectivity index (χ0) is 36.9. The number of anilines is 2. The van der Waals surface area contributed by atoms with Crippen LogP contribution in [0.4, 0.5) is 37.7 Å². The number of nitrogens with zero attached hydrogens (tertiary/aromatic N) is 1. The van der Waals surface area contributed by atoms with E-state index >= 15 is 0 Å². The van der Waals surface area contributed by atoms with E-state index in [0.717, 1.165) is 46.6 Å². The first kappa shape index (κ1) is 34.8. The molecule has 4 aromatic rings. The number of nitrogens with one attached hydrogen (secondary N) is 2. The predicted molar refractivity (Wildman–Crippen MR) is 179 cm³/mol. The minimum atomic E-state index is -4.71. The number of para-hydroxylation sites is 1. The van der Waals surface area contributed by atoms with E-state index in [1.165, 1.54) is 42.1 Å². The second-order valence-electron chi connectivity index (χ2n) is 13.1. The highest BCUT2D eigenvalue weighted by Gasteiger charge is 2.70. The maximum atomic E-state index is 14.1. The Morgan fingerprint density at radius 3 is 2.38 bits per heavy atom. The van der Waals surface area contributed by atoms with Gasteiger partial charge in [-0.2, -0.15) is 26.3 Å². The van der Waals surface area contributed by atoms with E-state index in [1.807, 2.05) is 0 Å². The van der Waals surface area contributed by atoms with Gasteiger partial charge in [0, 0.05) is 26.6 Å². The fourth-order valence-corrected chi connectivity index (χ4v) is 11.6. The summed E-state index contributed by atoms with van der Waals surface area (Å²) >= 11 is 8.83. The van der Waals surface area contributed by atoms with Gasteiger partial charge in [0.05, 0.1) is 39.4 Å². The molecule has 7 atom stereocenters. The number of thiazole rings is 1. The van der Waals surface area contributed by atoms with E-state index < -0.39 is 77.2 Å². The van der Waals surface area contributed by atoms with Crippen LogP contribution in [0.1, 0.15) is 33.9 Å². The van der Waals surface area contributed by atoms with Crippen molar-refractivity contribution in [1.29, 1.82) is 0 Å². The third-order valence-electron chi connectivity index (χ3n) is 10.3. The number of rotatable bonds is 6. The number of benzene rings is 3. The van der Waals surface area contributed by atoms with Crippen LogP contribution in [0.2, 0.25) is 5.02 Å². The molecule has 0 radical (unpaired) electrons. The molecule has 1 aromatic heterocycles. The van der Waals surface area contributed by atoms with Gasteiger partial charge >= 0.3 is 17.2 Å². The number of aromatic amines is 1. The van der Waals surface area contributed by atoms with Crippen molar-refractivity contribution in [2.75, 3.05) is 16.8 Å². The van der Waals surface area contributed by atoms with Gasteiger partial charge in [-0.05, 0) is 72.7 Å². The van der Waals surface area contributed by atoms with Crippen molar-refractivity contribution in [3.63, 3.8) is 0 Å². The molecule has 1 saturated heterocycles. The number of hydrogen-bond donors (Lipinski definition) is 2. The maximum Gasteiger partial charge on any atom is 0.418 e. The summed E-state index contributed by atoms with van der Waals surface area (Å²) in [6.07, 6.45) is -8.91. The normalized spacial score (nSPS) is 26.3. The van der Waals surface area contributed by atoms with E-state index in [4.69, 9.17) is 16.3 Å². The molecular formula is C35H24ClF6N3O5S2. The Morgan fingerprint density at radius 1 is 0.923 bits per heavy atom. The van der Waals surface area contributed by atoms with Crippen LogP contribution in [0.5, 0.6) is 5.75 Å². The van der Waals surface area contributed by atoms with E-state index in [9.17, 15) is 45.5 Å². The number of alkyl halides is 6. The van der Waals surface area contributed by atoms with Gasteiger partial charge in [0.2, 0.25) is 11.8 Å². The van der Waals surface area contributed by atoms with Gasteiger partial charge in [-0.1, -0.05) is 41.1 Å². The van der Waals surface area contributed by atoms with Crippen molar-refractivity contribution in [2.24, 2.45) is 29.6 Å². The Kier molecular flexibility index (Phi) is 8.30. The summed E-state index contributed by atoms with van der Waals surface area (Å²) in [5.74, 6) is -5.18. The number of imide groups is 1. The van der Waals surface area contributed by atoms with Crippen LogP contribution in [0.25, 0.3) is 0 Å². The summed E-state index contributed by atoms with van der Waals surface area (Å²) in [5.41, 5.74) is -2.15. The highest BCUT2D eigenvalue weighted by atomic mass is 35.5. The minimum Gasteiger partial charge on any atom is -0.483 e. The molecule has 2 aliphatic carbocycles. The molecule has 2 N–H and O–H groups in total. The largest absolute Gasteiger partial charge is 0.483 e. The number of carbonyl (C=O) groups excluding carboxylic acids is 3. The summed E-state index contributed by atoms with van der Waals surface area (Å²) in [6, 6.07) is 13.2. The molecule has 4 unspecified atom stereocenters. The lowest BCUT2D eigenvalue weighted by Crippen LogP contribution is -2.42. The first-order chi connectivity index (χ1) is 24.6. The number of H-pyrrole nitrogens is 1. The monoisotopic (exact) mass is 779 g/mol. The van der Waals surface area contributed by atoms with Crippen LogP contribution in [0.15, 0.2) is 76.6 Å². The standard InChI is InChI=1S/C35H24ClF6N3O5S2/c36-15-8-9-22(50-13-23(46)43-21-7-2-1-6-20(21)35(40,41)42)17(11-15)24-25-18-12-19(28(25)51-30-29(24)52-33(49)44-30)27-26(18)31(47)45(32(27)48)16-5-3-4-14(10-16)34(37,38)39/h1-11,18-19,24-28H,12-13H2,(H,43,46)(H,44,49)/t18-,19-,24-,25?,26?,27?,28?/m1/s1. The third-order valence-corrected chi connectivity index (χ3v) is 13.2. The summed E-state index contributed by atoms with van der Waals surface area (Å²) in [5, 5.41) is 2.80. The fraction of sp³-hybridized carbons (Fsp3) is 0.314. The van der Waals surface area contributed by atoms with Gasteiger partial charge in [0.15, 0.2) is 6.61 Å². The van der Waals surface area contributed by atoms with E-state index in [0.29, 0.717) is 21.9 Å². The minimum absolute atomic E-state index is 0.157. The molecule has 4 aliphatic rings. The molecule has 17 heteroatoms. The Balaban J connectivity index is 1.12. The Labute approximate surface area is 303 Å². The van der Waals surface area contributed by atoms with E-state index in [2.05, 4.69) is 10.3 Å². The van der Waals surface area contributed by atoms with E-state index in [-0.39, 0.29) is 38.4 Å². The molecule has 3 fully saturated rings. The number of fused-ring (bicyclic) bond motifs is 9. The van der Waals surface area contributed by atoms with Gasteiger partial charge in [-0.15, -0.1) is 11.8 Å². The van der Waals surface area contributed by atoms with Crippen LogP contribution >= 0.6 is 34.7 Å². The zero-order valence-corrected chi connectivity index (χ0v) is 28.6. The number of halogens is 7. The van der Waals surface area contributed by atoms with Crippen molar-refractivity contribution in [1.82, 2.24) is 4.98 Å². The predicted octanol–water partition coefficient (Wildman–Crippen LogP) is 7.82. The summed E-state index contributed by atoms with van der Waals surface area (Å²) in [6.45, 7) is -0.678. The molecule has 0 spiro atoms. The molecule has 52 heavy (non-hydrogen) atoms. The number of carbonyl (C=O) groups is 3. The Morgan fingerprint density at radius 2 is 1.65 bits per heavy atom. The first-order valence-corrected chi connectivity index (χ1v) is 18.0. The molecule has 2 saturated carbocycles. The van der Waals surface area contributed by atoms with Crippen molar-refractivity contribution >= 4 is 63.8 Å². The number of ether oxygens (including phenoxy) is 1. The van der Waals surface area contributed by atoms with Gasteiger partial charge in [0.1, 0.15) is 5.75 Å². The molecule has 3 aromatic carbocycles. The lowest BCUT2D eigenvalue weighted by atomic mass is 9.68. The lowest BCUT2D eigenvalue weighted by molar-refractivity contribution is -0.138. The van der Waals surface area contributed by atoms with Gasteiger partial charge in [-0.3, -0.25) is 24.1 Å². The number of amides is 3. The Bertz CT molecular complexity index is 2210. The number of hydrogen-bond acceptors (Lipinski definition) is 7. The van der Waals surface area contributed by atoms with Crippen LogP contribution in [-0.4, -0.2) is 34.6 Å². The molecule has 2 aliphatic heterocycles. The van der Waals surface area contributed by atoms with Crippen LogP contribution in [-0.2, 0) is 26.7 Å². The maximum absolute atomic E-state index is 14.1. The number of aromatic nitrogens is 1. The topological polar surface area (TPSA) is 109 Å². The third kappa shape index (κ3) is 5.69. The van der Waals surface area contributed by atoms with Crippen molar-refractivity contribution in [3.05, 3.63) is 103 Å². The van der Waals surface area contributed by atoms with Gasteiger partial charge in [0.25, 0.3) is 5.91 Å². The lowest BCUT2D eigenvalue weighted by Gasteiger charge is -2.43. The van der Waals surface area contributed by atoms with Crippen molar-refractivity contribution in [2.45, 2.75) is 35.0 Å². The van der Waals surface area contributed by atoms with Gasteiger partial charge < -0.3 is 15.0 Å². The Hall–Kier alpha value is -4.28. The first-order valence-electron chi connectivity index (χ1n) is 15.9. The second-order valence-corrected chi connectivity index (χ2v) is 15.7. The molecule has 270 valence electrons. The SMILES string of the molecule is O=C(COc1ccc(Cl)cc1[C@H]1c2sc(=O)[nH]c2SC2C1[C@H]1C[C@@H]2C2C(=O)N(c3cccc(C(F)(F)F)c3)C(=O)C21)Nc1ccccc1C(F)(F)F. The average molecular weight is 780 g/mol. The molecule has 8 rings (SSSR count). The molecule has 8 nitrogen and oxygen atoms in total. The highest BCUT2D eigenvalue weighted by molar-refractivity contribution is 8.00. The molecule has 3 amide bonds. The van der Waals surface area contributed by atoms with Gasteiger partial charge in [-0.25, -0.2) is 0 Å². The molecule has 3 heterocycles. The summed E-state index contributed by atoms with van der Waals surface area (Å²) in [7, 11) is 0. The quantitative estimate of drug-likeness (QED) is 0.153. The number of thioether (sulfide) groups is 1. The highest BCUT2D eigenvalue weighted by Crippen LogP contribution is 2.69. The summed E-state index contributed by atoms with van der Waals surface area (Å²) < 4.78 is 87.2. The average Bonchev–Trinajstić information content (AvgIpc) is 3.82. The van der Waals surface area contributed by atoms with E-state index in [1.54, 1.807) is 6.07 Å². The summed E-state index contributed by atoms with van der Waals surface area (Å²) in [4.78, 5) is 57.6. The van der Waals surface area contributed by atoms with Crippen molar-refractivity contribution in [3.8, 4) is 5.75 Å². The van der Waals surface area contributed by atoms with Crippen LogP contribution < -0.4 is 19.8 Å². The van der Waals surface area contributed by atoms with Crippen LogP contribution in [0, 0.1) is 29.6 Å². The smallest absolute Gasteiger partial charge is 0.418 e. The van der Waals surface area contributed by atoms with Crippen LogP contribution in [0.3, 0.4) is 0 Å².